The molecule has 170 valence electrons. The van der Waals surface area contributed by atoms with Crippen molar-refractivity contribution in [1.29, 1.82) is 0 Å². The highest BCUT2D eigenvalue weighted by molar-refractivity contribution is 7.90. The second kappa shape index (κ2) is 9.67. The van der Waals surface area contributed by atoms with Crippen molar-refractivity contribution < 1.29 is 17.9 Å². The zero-order valence-electron chi connectivity index (χ0n) is 18.6. The number of hydrogen-bond donors (Lipinski definition) is 1. The Kier molecular flexibility index (Phi) is 7.16. The van der Waals surface area contributed by atoms with Gasteiger partial charge in [0.2, 0.25) is 10.0 Å². The number of nitrogens with one attached hydrogen (secondary N) is 1. The van der Waals surface area contributed by atoms with E-state index in [-0.39, 0.29) is 5.60 Å². The van der Waals surface area contributed by atoms with E-state index in [1.807, 2.05) is 39.0 Å². The fourth-order valence-electron chi connectivity index (χ4n) is 3.38. The van der Waals surface area contributed by atoms with Crippen molar-refractivity contribution >= 4 is 27.4 Å². The number of pyridine rings is 1. The lowest BCUT2D eigenvalue weighted by Crippen LogP contribution is -2.39. The van der Waals surface area contributed by atoms with Gasteiger partial charge in [0, 0.05) is 43.0 Å². The zero-order chi connectivity index (χ0) is 23.4. The van der Waals surface area contributed by atoms with Gasteiger partial charge in [0.1, 0.15) is 10.9 Å². The number of rotatable bonds is 6. The van der Waals surface area contributed by atoms with Crippen LogP contribution in [0.3, 0.4) is 0 Å². The molecule has 2 aromatic heterocycles. The Hall–Kier alpha value is -2.97. The monoisotopic (exact) mass is 455 g/mol. The van der Waals surface area contributed by atoms with Crippen molar-refractivity contribution in [2.45, 2.75) is 37.5 Å². The molecule has 0 radical (unpaired) electrons. The van der Waals surface area contributed by atoms with E-state index in [0.717, 1.165) is 18.5 Å². The molecule has 0 aliphatic carbocycles. The van der Waals surface area contributed by atoms with Crippen LogP contribution in [0.1, 0.15) is 43.1 Å². The molecule has 3 aromatic rings. The molecule has 0 spiro atoms. The fraction of sp³-hybridized carbons (Fsp3) is 0.333. The number of ether oxygens (including phenoxy) is 1. The van der Waals surface area contributed by atoms with Gasteiger partial charge >= 0.3 is 0 Å². The molecule has 1 saturated heterocycles. The number of benzene rings is 1. The first-order valence-electron chi connectivity index (χ1n) is 10.4. The number of fused-ring (bicyclic) bond motifs is 1. The lowest BCUT2D eigenvalue weighted by molar-refractivity contribution is -0.138. The Morgan fingerprint density at radius 3 is 2.50 bits per heavy atom. The Morgan fingerprint density at radius 1 is 1.25 bits per heavy atom. The first kappa shape index (κ1) is 23.7. The molecular weight excluding hydrogens is 426 g/mol. The summed E-state index contributed by atoms with van der Waals surface area (Å²) >= 11 is 0. The minimum atomic E-state index is -3.67. The molecule has 1 unspecified atom stereocenters. The van der Waals surface area contributed by atoms with Crippen molar-refractivity contribution in [2.24, 2.45) is 0 Å². The summed E-state index contributed by atoms with van der Waals surface area (Å²) in [7, 11) is -3.67. The molecule has 0 bridgehead atoms. The van der Waals surface area contributed by atoms with Crippen molar-refractivity contribution in [3.63, 3.8) is 0 Å². The number of aromatic nitrogens is 2. The summed E-state index contributed by atoms with van der Waals surface area (Å²) < 4.78 is 32.3. The van der Waals surface area contributed by atoms with E-state index in [9.17, 15) is 13.2 Å². The molecular formula is C24H29N3O4S. The highest BCUT2D eigenvalue weighted by Gasteiger charge is 2.28. The molecule has 1 aromatic carbocycles. The van der Waals surface area contributed by atoms with Gasteiger partial charge in [-0.25, -0.2) is 12.4 Å². The van der Waals surface area contributed by atoms with Crippen LogP contribution in [0.4, 0.5) is 0 Å². The third kappa shape index (κ3) is 5.26. The third-order valence-electron chi connectivity index (χ3n) is 5.16. The highest BCUT2D eigenvalue weighted by Crippen LogP contribution is 2.30. The summed E-state index contributed by atoms with van der Waals surface area (Å²) in [4.78, 5) is 13.6. The third-order valence-corrected chi connectivity index (χ3v) is 7.13. The molecule has 8 heteroatoms. The molecule has 32 heavy (non-hydrogen) atoms. The normalized spacial score (nSPS) is 15.2. The van der Waals surface area contributed by atoms with Crippen molar-refractivity contribution in [3.8, 4) is 0 Å². The van der Waals surface area contributed by atoms with Gasteiger partial charge in [0.05, 0.1) is 5.52 Å². The van der Waals surface area contributed by atoms with Gasteiger partial charge in [-0.1, -0.05) is 18.2 Å². The first-order valence-corrected chi connectivity index (χ1v) is 11.9. The van der Waals surface area contributed by atoms with Crippen molar-refractivity contribution in [3.05, 3.63) is 78.8 Å². The Labute approximate surface area is 189 Å². The number of nitrogens with zero attached hydrogens (tertiary/aromatic N) is 2. The van der Waals surface area contributed by atoms with Crippen LogP contribution in [-0.4, -0.2) is 42.5 Å². The molecule has 1 aliphatic rings. The van der Waals surface area contributed by atoms with E-state index >= 15 is 0 Å². The Balaban J connectivity index is 0.000000360. The van der Waals surface area contributed by atoms with E-state index in [1.54, 1.807) is 30.7 Å². The average Bonchev–Trinajstić information content (AvgIpc) is 3.12. The van der Waals surface area contributed by atoms with Crippen molar-refractivity contribution in [2.75, 3.05) is 13.1 Å². The lowest BCUT2D eigenvalue weighted by atomic mass is 9.93. The number of carbonyl (C=O) groups is 1. The van der Waals surface area contributed by atoms with E-state index < -0.39 is 15.3 Å². The molecule has 1 fully saturated rings. The highest BCUT2D eigenvalue weighted by atomic mass is 32.2. The largest absolute Gasteiger partial charge is 0.462 e. The lowest BCUT2D eigenvalue weighted by Gasteiger charge is -2.27. The van der Waals surface area contributed by atoms with Crippen LogP contribution in [0.15, 0.2) is 67.6 Å². The predicted octanol–water partition coefficient (Wildman–Crippen LogP) is 3.79. The van der Waals surface area contributed by atoms with Crippen LogP contribution in [0, 0.1) is 0 Å². The topological polar surface area (TPSA) is 90.3 Å². The van der Waals surface area contributed by atoms with Crippen LogP contribution in [-0.2, 0) is 19.6 Å². The van der Waals surface area contributed by atoms with Gasteiger partial charge in [-0.2, -0.15) is 0 Å². The van der Waals surface area contributed by atoms with Gasteiger partial charge in [0.25, 0.3) is 6.47 Å². The van der Waals surface area contributed by atoms with Crippen LogP contribution in [0.25, 0.3) is 10.9 Å². The molecule has 4 rings (SSSR count). The summed E-state index contributed by atoms with van der Waals surface area (Å²) in [5.74, 6) is 0.515. The van der Waals surface area contributed by atoms with Gasteiger partial charge in [-0.3, -0.25) is 9.78 Å². The number of hydrogen-bond acceptors (Lipinski definition) is 6. The van der Waals surface area contributed by atoms with Crippen LogP contribution < -0.4 is 5.32 Å². The minimum Gasteiger partial charge on any atom is -0.462 e. The SMILES string of the molecule is C=CC(c1cccnc1)S(=O)(=O)n1ccc2cc(C3CNC3)ccc21.CC(C)(C)OC=O. The molecule has 1 atom stereocenters. The second-order valence-corrected chi connectivity index (χ2v) is 10.5. The second-order valence-electron chi connectivity index (χ2n) is 8.60. The van der Waals surface area contributed by atoms with Gasteiger partial charge in [-0.15, -0.1) is 6.58 Å². The van der Waals surface area contributed by atoms with E-state index in [4.69, 9.17) is 0 Å². The van der Waals surface area contributed by atoms with Crippen LogP contribution >= 0.6 is 0 Å². The van der Waals surface area contributed by atoms with Gasteiger partial charge < -0.3 is 10.1 Å². The average molecular weight is 456 g/mol. The molecule has 3 heterocycles. The predicted molar refractivity (Wildman–Crippen MR) is 126 cm³/mol. The molecule has 1 N–H and O–H groups in total. The van der Waals surface area contributed by atoms with E-state index in [0.29, 0.717) is 23.5 Å². The summed E-state index contributed by atoms with van der Waals surface area (Å²) in [6, 6.07) is 11.3. The first-order chi connectivity index (χ1) is 15.2. The van der Waals surface area contributed by atoms with Crippen LogP contribution in [0.5, 0.6) is 0 Å². The van der Waals surface area contributed by atoms with Gasteiger partial charge in [0.15, 0.2) is 0 Å². The quantitative estimate of drug-likeness (QED) is 0.449. The fourth-order valence-corrected chi connectivity index (χ4v) is 5.02. The maximum absolute atomic E-state index is 13.2. The maximum atomic E-state index is 13.2. The summed E-state index contributed by atoms with van der Waals surface area (Å²) in [5, 5.41) is 3.35. The molecule has 0 saturated carbocycles. The molecule has 1 aliphatic heterocycles. The maximum Gasteiger partial charge on any atom is 0.293 e. The minimum absolute atomic E-state index is 0.318. The zero-order valence-corrected chi connectivity index (χ0v) is 19.4. The molecule has 7 nitrogen and oxygen atoms in total. The smallest absolute Gasteiger partial charge is 0.293 e. The summed E-state index contributed by atoms with van der Waals surface area (Å²) in [6.45, 7) is 11.6. The molecule has 0 amide bonds. The van der Waals surface area contributed by atoms with E-state index in [2.05, 4.69) is 27.7 Å². The van der Waals surface area contributed by atoms with Crippen LogP contribution in [0.2, 0.25) is 0 Å². The van der Waals surface area contributed by atoms with Gasteiger partial charge in [-0.05, 0) is 56.2 Å². The summed E-state index contributed by atoms with van der Waals surface area (Å²) in [5.41, 5.74) is 2.22. The standard InChI is InChI=1S/C19H19N3O2S.C5H10O2/c1-2-19(16-4-3-8-20-11-16)25(23,24)22-9-7-15-10-14(5-6-18(15)22)17-12-21-13-17;1-5(2,3)7-4-6/h2-11,17,19,21H,1,12-13H2;4H,1-3H3. The Morgan fingerprint density at radius 2 is 2.00 bits per heavy atom. The van der Waals surface area contributed by atoms with E-state index in [1.165, 1.54) is 15.6 Å². The Bertz CT molecular complexity index is 1180. The van der Waals surface area contributed by atoms with Crippen molar-refractivity contribution in [1.82, 2.24) is 14.3 Å². The number of carbonyl (C=O) groups excluding carboxylic acids is 1. The summed E-state index contributed by atoms with van der Waals surface area (Å²) in [6.07, 6.45) is 6.26.